The average molecular weight is 559 g/mol. The summed E-state index contributed by atoms with van der Waals surface area (Å²) in [5, 5.41) is 14.3. The van der Waals surface area contributed by atoms with Crippen molar-refractivity contribution in [2.45, 2.75) is 44.0 Å². The molecule has 1 amide bonds. The number of hydrogen-bond acceptors (Lipinski definition) is 6. The number of amides is 1. The second kappa shape index (κ2) is 11.7. The summed E-state index contributed by atoms with van der Waals surface area (Å²) in [5.74, 6) is -0.549. The van der Waals surface area contributed by atoms with Gasteiger partial charge in [0.15, 0.2) is 0 Å². The first-order valence-electron chi connectivity index (χ1n) is 12.2. The van der Waals surface area contributed by atoms with Crippen molar-refractivity contribution < 1.29 is 32.0 Å². The lowest BCUT2D eigenvalue weighted by Gasteiger charge is -2.36. The van der Waals surface area contributed by atoms with E-state index in [2.05, 4.69) is 5.32 Å². The van der Waals surface area contributed by atoms with E-state index < -0.39 is 28.2 Å². The van der Waals surface area contributed by atoms with Crippen molar-refractivity contribution in [2.24, 2.45) is 0 Å². The van der Waals surface area contributed by atoms with Gasteiger partial charge >= 0.3 is 6.18 Å². The molecule has 0 atom stereocenters. The van der Waals surface area contributed by atoms with E-state index in [1.54, 1.807) is 17.0 Å². The van der Waals surface area contributed by atoms with Crippen molar-refractivity contribution in [3.05, 3.63) is 62.9 Å². The van der Waals surface area contributed by atoms with Gasteiger partial charge in [0.1, 0.15) is 18.0 Å². The molecule has 4 rings (SSSR count). The summed E-state index contributed by atoms with van der Waals surface area (Å²) < 4.78 is 59.7. The second-order valence-corrected chi connectivity index (χ2v) is 9.82. The zero-order chi connectivity index (χ0) is 27.4. The lowest BCUT2D eigenvalue weighted by molar-refractivity contribution is -0.388. The maximum atomic E-state index is 14.2. The Hall–Kier alpha value is -3.12. The molecule has 2 aromatic carbocycles. The smallest absolute Gasteiger partial charge is 0.382 e. The minimum Gasteiger partial charge on any atom is -0.382 e. The number of carbonyl (C=O) groups is 1. The van der Waals surface area contributed by atoms with E-state index in [-0.39, 0.29) is 30.3 Å². The molecule has 1 saturated heterocycles. The zero-order valence-electron chi connectivity index (χ0n) is 20.3. The van der Waals surface area contributed by atoms with Gasteiger partial charge in [0.05, 0.1) is 16.7 Å². The van der Waals surface area contributed by atoms with Crippen LogP contribution in [0.1, 0.15) is 31.2 Å². The van der Waals surface area contributed by atoms with Crippen LogP contribution in [0.5, 0.6) is 0 Å². The molecule has 38 heavy (non-hydrogen) atoms. The SMILES string of the molecule is O=C(CO[C@H]1CC[C@H](Nc2ccc([N+](=O)[O-])c(C(F)(F)F)c2)CC1)N1CCN(c2ccc(Cl)cc2F)CC1. The first-order valence-corrected chi connectivity index (χ1v) is 12.6. The highest BCUT2D eigenvalue weighted by Crippen LogP contribution is 2.38. The third kappa shape index (κ3) is 6.84. The molecule has 0 bridgehead atoms. The fourth-order valence-electron chi connectivity index (χ4n) is 4.84. The molecule has 1 saturated carbocycles. The molecule has 1 N–H and O–H groups in total. The summed E-state index contributed by atoms with van der Waals surface area (Å²) in [6.45, 7) is 1.78. The van der Waals surface area contributed by atoms with Gasteiger partial charge in [-0.1, -0.05) is 11.6 Å². The zero-order valence-corrected chi connectivity index (χ0v) is 21.1. The summed E-state index contributed by atoms with van der Waals surface area (Å²) in [6.07, 6.45) is -2.52. The number of nitro groups is 1. The number of carbonyl (C=O) groups excluding carboxylic acids is 1. The Morgan fingerprint density at radius 2 is 1.76 bits per heavy atom. The highest BCUT2D eigenvalue weighted by atomic mass is 35.5. The molecule has 2 fully saturated rings. The minimum atomic E-state index is -4.84. The van der Waals surface area contributed by atoms with Crippen molar-refractivity contribution in [1.29, 1.82) is 0 Å². The predicted molar refractivity (Wildman–Crippen MR) is 134 cm³/mol. The number of benzene rings is 2. The molecule has 0 unspecified atom stereocenters. The fraction of sp³-hybridized carbons (Fsp3) is 0.480. The molecule has 1 aliphatic heterocycles. The molecule has 0 radical (unpaired) electrons. The maximum absolute atomic E-state index is 14.2. The van der Waals surface area contributed by atoms with Crippen molar-refractivity contribution >= 4 is 34.6 Å². The molecule has 2 aromatic rings. The van der Waals surface area contributed by atoms with E-state index in [4.69, 9.17) is 16.3 Å². The molecule has 0 spiro atoms. The Labute approximate surface area is 221 Å². The number of anilines is 2. The Kier molecular flexibility index (Phi) is 8.61. The number of hydrogen-bond donors (Lipinski definition) is 1. The summed E-state index contributed by atoms with van der Waals surface area (Å²) in [6, 6.07) is 7.29. The Bertz CT molecular complexity index is 1170. The molecule has 206 valence electrons. The number of piperazine rings is 1. The second-order valence-electron chi connectivity index (χ2n) is 9.38. The lowest BCUT2D eigenvalue weighted by atomic mass is 9.92. The first kappa shape index (κ1) is 27.9. The first-order chi connectivity index (χ1) is 18.0. The molecule has 0 aromatic heterocycles. The molecule has 2 aliphatic rings. The Morgan fingerprint density at radius 3 is 2.37 bits per heavy atom. The van der Waals surface area contributed by atoms with Gasteiger partial charge in [0.25, 0.3) is 5.69 Å². The van der Waals surface area contributed by atoms with Crippen molar-refractivity contribution in [3.63, 3.8) is 0 Å². The van der Waals surface area contributed by atoms with Crippen LogP contribution in [0.25, 0.3) is 0 Å². The summed E-state index contributed by atoms with van der Waals surface area (Å²) in [5.41, 5.74) is -1.66. The molecule has 1 aliphatic carbocycles. The van der Waals surface area contributed by atoms with Gasteiger partial charge in [0, 0.05) is 49.0 Å². The number of nitrogens with zero attached hydrogens (tertiary/aromatic N) is 3. The average Bonchev–Trinajstić information content (AvgIpc) is 2.87. The normalized spacial score (nSPS) is 20.3. The van der Waals surface area contributed by atoms with Crippen LogP contribution in [0.3, 0.4) is 0 Å². The standard InChI is InChI=1S/C25H27ClF4N4O4/c26-16-1-7-23(21(27)13-16)32-9-11-33(12-10-32)24(35)15-38-19-5-2-17(3-6-19)31-18-4-8-22(34(36)37)20(14-18)25(28,29)30/h1,4,7-8,13-14,17,19,31H,2-3,5-6,9-12,15H2/t17-,19-. The summed E-state index contributed by atoms with van der Waals surface area (Å²) >= 11 is 5.81. The third-order valence-corrected chi connectivity index (χ3v) is 7.10. The Balaban J connectivity index is 1.21. The van der Waals surface area contributed by atoms with Crippen molar-refractivity contribution in [2.75, 3.05) is 43.0 Å². The predicted octanol–water partition coefficient (Wildman–Crippen LogP) is 5.49. The molecule has 8 nitrogen and oxygen atoms in total. The van der Waals surface area contributed by atoms with Crippen LogP contribution in [-0.4, -0.2) is 60.7 Å². The van der Waals surface area contributed by atoms with Crippen LogP contribution in [0.15, 0.2) is 36.4 Å². The number of nitro benzene ring substituents is 1. The van der Waals surface area contributed by atoms with E-state index >= 15 is 0 Å². The fourth-order valence-corrected chi connectivity index (χ4v) is 5.00. The number of nitrogens with one attached hydrogen (secondary N) is 1. The van der Waals surface area contributed by atoms with Gasteiger partial charge in [-0.2, -0.15) is 13.2 Å². The number of alkyl halides is 3. The highest BCUT2D eigenvalue weighted by molar-refractivity contribution is 6.30. The topological polar surface area (TPSA) is 87.9 Å². The van der Waals surface area contributed by atoms with Crippen LogP contribution in [0.2, 0.25) is 5.02 Å². The lowest BCUT2D eigenvalue weighted by Crippen LogP contribution is -2.50. The van der Waals surface area contributed by atoms with Gasteiger partial charge < -0.3 is 19.9 Å². The van der Waals surface area contributed by atoms with Crippen LogP contribution in [-0.2, 0) is 15.7 Å². The van der Waals surface area contributed by atoms with Crippen LogP contribution in [0, 0.1) is 15.9 Å². The molecular weight excluding hydrogens is 532 g/mol. The number of rotatable bonds is 7. The van der Waals surface area contributed by atoms with E-state index in [0.717, 1.165) is 12.1 Å². The van der Waals surface area contributed by atoms with Crippen LogP contribution in [0.4, 0.5) is 34.6 Å². The maximum Gasteiger partial charge on any atom is 0.423 e. The highest BCUT2D eigenvalue weighted by Gasteiger charge is 2.38. The van der Waals surface area contributed by atoms with E-state index in [9.17, 15) is 32.5 Å². The van der Waals surface area contributed by atoms with Gasteiger partial charge in [-0.15, -0.1) is 0 Å². The number of ether oxygens (including phenoxy) is 1. The third-order valence-electron chi connectivity index (χ3n) is 6.87. The molecule has 13 heteroatoms. The van der Waals surface area contributed by atoms with Crippen molar-refractivity contribution in [1.82, 2.24) is 4.90 Å². The largest absolute Gasteiger partial charge is 0.423 e. The van der Waals surface area contributed by atoms with E-state index in [1.165, 1.54) is 12.1 Å². The van der Waals surface area contributed by atoms with E-state index in [0.29, 0.717) is 62.6 Å². The van der Waals surface area contributed by atoms with Gasteiger partial charge in [-0.05, 0) is 56.0 Å². The molecular formula is C25H27ClF4N4O4. The molecule has 1 heterocycles. The van der Waals surface area contributed by atoms with Crippen LogP contribution >= 0.6 is 11.6 Å². The summed E-state index contributed by atoms with van der Waals surface area (Å²) in [7, 11) is 0. The summed E-state index contributed by atoms with van der Waals surface area (Å²) in [4.78, 5) is 26.1. The van der Waals surface area contributed by atoms with Gasteiger partial charge in [-0.25, -0.2) is 4.39 Å². The minimum absolute atomic E-state index is 0.0740. The van der Waals surface area contributed by atoms with Gasteiger partial charge in [-0.3, -0.25) is 14.9 Å². The number of halogens is 5. The van der Waals surface area contributed by atoms with Crippen molar-refractivity contribution in [3.8, 4) is 0 Å². The monoisotopic (exact) mass is 558 g/mol. The Morgan fingerprint density at radius 1 is 1.08 bits per heavy atom. The quantitative estimate of drug-likeness (QED) is 0.274. The van der Waals surface area contributed by atoms with Gasteiger partial charge in [0.2, 0.25) is 5.91 Å². The van der Waals surface area contributed by atoms with E-state index in [1.807, 2.05) is 4.90 Å². The van der Waals surface area contributed by atoms with Crippen LogP contribution < -0.4 is 10.2 Å².